The highest BCUT2D eigenvalue weighted by Crippen LogP contribution is 2.41. The van der Waals surface area contributed by atoms with Crippen molar-refractivity contribution in [3.8, 4) is 40.1 Å². The molecule has 1 aliphatic rings. The zero-order valence-corrected chi connectivity index (χ0v) is 24.9. The molecule has 4 rings (SSSR count). The predicted molar refractivity (Wildman–Crippen MR) is 160 cm³/mol. The number of phenols is 4. The Hall–Kier alpha value is -3.88. The lowest BCUT2D eigenvalue weighted by Crippen LogP contribution is -2.60. The van der Waals surface area contributed by atoms with Gasteiger partial charge >= 0.3 is 0 Å². The average Bonchev–Trinajstić information content (AvgIpc) is 2.99. The molecule has 2 heterocycles. The summed E-state index contributed by atoms with van der Waals surface area (Å²) in [5.74, 6) is -3.62. The highest BCUT2D eigenvalue weighted by Gasteiger charge is 2.45. The fraction of sp³-hybridized carbons (Fsp3) is 0.500. The molecule has 1 saturated heterocycles. The van der Waals surface area contributed by atoms with Crippen molar-refractivity contribution in [2.24, 2.45) is 0 Å². The Labute approximate surface area is 258 Å². The molecule has 0 spiro atoms. The Balaban J connectivity index is 1.75. The second kappa shape index (κ2) is 14.9. The van der Waals surface area contributed by atoms with Gasteiger partial charge in [0, 0.05) is 30.5 Å². The van der Waals surface area contributed by atoms with E-state index in [0.717, 1.165) is 62.8 Å². The first-order chi connectivity index (χ1) is 21.5. The summed E-state index contributed by atoms with van der Waals surface area (Å²) in [4.78, 5) is 26.8. The highest BCUT2D eigenvalue weighted by molar-refractivity contribution is 5.90. The van der Waals surface area contributed by atoms with Crippen molar-refractivity contribution >= 4 is 16.8 Å². The number of fused-ring (bicyclic) bond motifs is 1. The standard InChI is InChI=1S/C32H40O13/c1-2-3-4-5-6-7-8-9-17(34)10-16-11-20(36)21(37)14-19(16)30-31(27(40)25-22(38)12-18(35)13-23(25)43-30)45-32-29(42)28(41)26(39)24(15-33)44-32/h11-14,24,26,28-29,32-33,35-39,41-42H,2-10,15H2,1H3/t24-,26+,28-,29+,32+/m1/s1. The van der Waals surface area contributed by atoms with Gasteiger partial charge in [0.2, 0.25) is 17.5 Å². The minimum Gasteiger partial charge on any atom is -0.508 e. The summed E-state index contributed by atoms with van der Waals surface area (Å²) >= 11 is 0. The van der Waals surface area contributed by atoms with E-state index in [4.69, 9.17) is 13.9 Å². The molecule has 1 aromatic heterocycles. The molecule has 3 aromatic rings. The van der Waals surface area contributed by atoms with Crippen LogP contribution in [0.2, 0.25) is 0 Å². The highest BCUT2D eigenvalue weighted by atomic mass is 16.7. The molecule has 1 aliphatic heterocycles. The van der Waals surface area contributed by atoms with Crippen LogP contribution in [-0.4, -0.2) is 83.9 Å². The van der Waals surface area contributed by atoms with Gasteiger partial charge in [-0.3, -0.25) is 9.59 Å². The predicted octanol–water partition coefficient (Wildman–Crippen LogP) is 2.71. The molecule has 0 unspecified atom stereocenters. The summed E-state index contributed by atoms with van der Waals surface area (Å²) in [7, 11) is 0. The number of ketones is 1. The number of hydrogen-bond acceptors (Lipinski definition) is 13. The summed E-state index contributed by atoms with van der Waals surface area (Å²) in [5, 5.41) is 81.4. The van der Waals surface area contributed by atoms with Gasteiger partial charge in [-0.25, -0.2) is 0 Å². The quantitative estimate of drug-likeness (QED) is 0.0946. The summed E-state index contributed by atoms with van der Waals surface area (Å²) in [6.07, 6.45) is -1.65. The SMILES string of the molecule is CCCCCCCCCC(=O)Cc1cc(O)c(O)cc1-c1oc2cc(O)cc(O)c2c(=O)c1O[C@@H]1O[C@H](CO)[C@H](O)[C@@H](O)[C@@H]1O. The van der Waals surface area contributed by atoms with E-state index in [-0.39, 0.29) is 35.3 Å². The molecular formula is C32H40O13. The molecule has 0 radical (unpaired) electrons. The van der Waals surface area contributed by atoms with Crippen molar-refractivity contribution in [3.05, 3.63) is 40.1 Å². The summed E-state index contributed by atoms with van der Waals surface area (Å²) in [5.41, 5.74) is -1.25. The zero-order chi connectivity index (χ0) is 32.8. The number of ether oxygens (including phenoxy) is 2. The zero-order valence-electron chi connectivity index (χ0n) is 24.9. The van der Waals surface area contributed by atoms with Crippen molar-refractivity contribution in [1.82, 2.24) is 0 Å². The number of rotatable bonds is 14. The van der Waals surface area contributed by atoms with Crippen molar-refractivity contribution in [3.63, 3.8) is 0 Å². The molecule has 0 saturated carbocycles. The van der Waals surface area contributed by atoms with Crippen LogP contribution < -0.4 is 10.2 Å². The van der Waals surface area contributed by atoms with Crippen LogP contribution in [-0.2, 0) is 16.0 Å². The van der Waals surface area contributed by atoms with Crippen molar-refractivity contribution < 1.29 is 59.5 Å². The van der Waals surface area contributed by atoms with E-state index in [0.29, 0.717) is 6.42 Å². The number of unbranched alkanes of at least 4 members (excludes halogenated alkanes) is 6. The van der Waals surface area contributed by atoms with E-state index >= 15 is 0 Å². The van der Waals surface area contributed by atoms with E-state index in [2.05, 4.69) is 6.92 Å². The van der Waals surface area contributed by atoms with Crippen LogP contribution in [0.5, 0.6) is 28.7 Å². The number of aromatic hydroxyl groups is 4. The van der Waals surface area contributed by atoms with Gasteiger partial charge in [-0.05, 0) is 24.1 Å². The molecular weight excluding hydrogens is 592 g/mol. The molecule has 1 fully saturated rings. The van der Waals surface area contributed by atoms with Gasteiger partial charge in [0.1, 0.15) is 52.7 Å². The van der Waals surface area contributed by atoms with Gasteiger partial charge in [0.25, 0.3) is 0 Å². The molecule has 246 valence electrons. The number of carbonyl (C=O) groups is 1. The Kier molecular flexibility index (Phi) is 11.3. The fourth-order valence-corrected chi connectivity index (χ4v) is 5.39. The first-order valence-electron chi connectivity index (χ1n) is 15.0. The normalized spacial score (nSPS) is 21.7. The summed E-state index contributed by atoms with van der Waals surface area (Å²) in [6, 6.07) is 4.10. The van der Waals surface area contributed by atoms with Crippen molar-refractivity contribution in [2.75, 3.05) is 6.61 Å². The van der Waals surface area contributed by atoms with Gasteiger partial charge in [0.15, 0.2) is 17.3 Å². The van der Waals surface area contributed by atoms with Gasteiger partial charge in [-0.1, -0.05) is 45.4 Å². The minimum atomic E-state index is -1.92. The largest absolute Gasteiger partial charge is 0.508 e. The van der Waals surface area contributed by atoms with Crippen LogP contribution in [0.25, 0.3) is 22.3 Å². The van der Waals surface area contributed by atoms with E-state index in [9.17, 15) is 50.4 Å². The lowest BCUT2D eigenvalue weighted by Gasteiger charge is -2.39. The van der Waals surface area contributed by atoms with Crippen molar-refractivity contribution in [2.45, 2.75) is 95.4 Å². The topological polar surface area (TPSA) is 228 Å². The summed E-state index contributed by atoms with van der Waals surface area (Å²) < 4.78 is 17.0. The van der Waals surface area contributed by atoms with E-state index in [1.54, 1.807) is 0 Å². The maximum Gasteiger partial charge on any atom is 0.239 e. The van der Waals surface area contributed by atoms with Crippen LogP contribution >= 0.6 is 0 Å². The smallest absolute Gasteiger partial charge is 0.239 e. The third kappa shape index (κ3) is 7.68. The van der Waals surface area contributed by atoms with E-state index in [1.165, 1.54) is 0 Å². The number of benzene rings is 2. The third-order valence-corrected chi connectivity index (χ3v) is 7.89. The van der Waals surface area contributed by atoms with Crippen molar-refractivity contribution in [1.29, 1.82) is 0 Å². The number of carbonyl (C=O) groups excluding carboxylic acids is 1. The molecule has 45 heavy (non-hydrogen) atoms. The van der Waals surface area contributed by atoms with Crippen LogP contribution in [0.4, 0.5) is 0 Å². The number of aliphatic hydroxyl groups is 4. The number of hydrogen-bond donors (Lipinski definition) is 8. The second-order valence-electron chi connectivity index (χ2n) is 11.3. The van der Waals surface area contributed by atoms with E-state index in [1.807, 2.05) is 0 Å². The average molecular weight is 633 g/mol. The molecule has 13 nitrogen and oxygen atoms in total. The Bertz CT molecular complexity index is 1550. The maximum absolute atomic E-state index is 13.8. The molecule has 0 bridgehead atoms. The minimum absolute atomic E-state index is 0.0698. The van der Waals surface area contributed by atoms with Gasteiger partial charge in [0.05, 0.1) is 6.61 Å². The molecule has 8 N–H and O–H groups in total. The van der Waals surface area contributed by atoms with Crippen LogP contribution in [0.3, 0.4) is 0 Å². The first kappa shape index (κ1) is 34.0. The first-order valence-corrected chi connectivity index (χ1v) is 15.0. The Morgan fingerprint density at radius 2 is 1.51 bits per heavy atom. The van der Waals surface area contributed by atoms with Crippen LogP contribution in [0.15, 0.2) is 33.5 Å². The second-order valence-corrected chi connectivity index (χ2v) is 11.3. The Morgan fingerprint density at radius 1 is 0.844 bits per heavy atom. The number of Topliss-reactive ketones (excluding diaryl/α,β-unsaturated/α-hetero) is 1. The number of phenolic OH excluding ortho intramolecular Hbond substituents is 4. The maximum atomic E-state index is 13.8. The van der Waals surface area contributed by atoms with E-state index < -0.39 is 82.6 Å². The molecule has 2 aromatic carbocycles. The van der Waals surface area contributed by atoms with Gasteiger partial charge < -0.3 is 54.7 Å². The lowest BCUT2D eigenvalue weighted by atomic mass is 9.96. The number of aliphatic hydroxyl groups excluding tert-OH is 4. The lowest BCUT2D eigenvalue weighted by molar-refractivity contribution is -0.277. The Morgan fingerprint density at radius 3 is 2.20 bits per heavy atom. The fourth-order valence-electron chi connectivity index (χ4n) is 5.39. The molecule has 0 amide bonds. The molecule has 5 atom stereocenters. The van der Waals surface area contributed by atoms with Gasteiger partial charge in [-0.2, -0.15) is 0 Å². The molecule has 13 heteroatoms. The monoisotopic (exact) mass is 632 g/mol. The van der Waals surface area contributed by atoms with Crippen LogP contribution in [0.1, 0.15) is 63.9 Å². The molecule has 0 aliphatic carbocycles. The third-order valence-electron chi connectivity index (χ3n) is 7.89. The van der Waals surface area contributed by atoms with Gasteiger partial charge in [-0.15, -0.1) is 0 Å². The summed E-state index contributed by atoms with van der Waals surface area (Å²) in [6.45, 7) is 1.36. The van der Waals surface area contributed by atoms with Crippen LogP contribution in [0, 0.1) is 0 Å².